The number of benzene rings is 1. The molecule has 134 valence electrons. The predicted octanol–water partition coefficient (Wildman–Crippen LogP) is 2.90. The molecule has 7 heteroatoms. The minimum atomic E-state index is -0.293. The van der Waals surface area contributed by atoms with Crippen LogP contribution in [0.15, 0.2) is 53.3 Å². The number of aromatic nitrogens is 2. The molecule has 3 aromatic rings. The summed E-state index contributed by atoms with van der Waals surface area (Å²) in [7, 11) is 1.58. The molecule has 7 nitrogen and oxygen atoms in total. The maximum atomic E-state index is 12.0. The number of methoxy groups -OCH3 is 1. The van der Waals surface area contributed by atoms with Crippen molar-refractivity contribution >= 4 is 5.91 Å². The Morgan fingerprint density at radius 2 is 1.92 bits per heavy atom. The summed E-state index contributed by atoms with van der Waals surface area (Å²) in [6.07, 6.45) is 3.44. The first-order chi connectivity index (χ1) is 12.7. The van der Waals surface area contributed by atoms with Crippen LogP contribution in [-0.2, 0) is 13.2 Å². The molecule has 0 saturated carbocycles. The molecule has 0 aliphatic heterocycles. The second kappa shape index (κ2) is 8.15. The lowest BCUT2D eigenvalue weighted by Gasteiger charge is -2.12. The number of nitrogens with one attached hydrogen (secondary N) is 1. The third kappa shape index (κ3) is 4.38. The third-order valence-corrected chi connectivity index (χ3v) is 3.69. The van der Waals surface area contributed by atoms with Gasteiger partial charge < -0.3 is 19.3 Å². The Hall–Kier alpha value is -3.35. The van der Waals surface area contributed by atoms with Gasteiger partial charge in [-0.2, -0.15) is 0 Å². The van der Waals surface area contributed by atoms with Crippen LogP contribution in [0.2, 0.25) is 0 Å². The van der Waals surface area contributed by atoms with Gasteiger partial charge in [-0.15, -0.1) is 0 Å². The first-order valence-corrected chi connectivity index (χ1v) is 8.06. The molecular formula is C19H19N3O4. The fourth-order valence-corrected chi connectivity index (χ4v) is 2.33. The highest BCUT2D eigenvalue weighted by molar-refractivity contribution is 5.92. The van der Waals surface area contributed by atoms with Gasteiger partial charge in [-0.3, -0.25) is 9.78 Å². The SMILES string of the molecule is COc1cc(CNC(=O)c2cc(C)on2)ccc1OCc1ccncc1. The van der Waals surface area contributed by atoms with Crippen molar-refractivity contribution in [3.63, 3.8) is 0 Å². The Bertz CT molecular complexity index is 878. The van der Waals surface area contributed by atoms with E-state index in [9.17, 15) is 4.79 Å². The molecule has 2 aromatic heterocycles. The predicted molar refractivity (Wildman–Crippen MR) is 94.0 cm³/mol. The first-order valence-electron chi connectivity index (χ1n) is 8.06. The number of hydrogen-bond acceptors (Lipinski definition) is 6. The maximum absolute atomic E-state index is 12.0. The quantitative estimate of drug-likeness (QED) is 0.703. The van der Waals surface area contributed by atoms with Gasteiger partial charge in [0.05, 0.1) is 7.11 Å². The van der Waals surface area contributed by atoms with Crippen LogP contribution < -0.4 is 14.8 Å². The molecule has 26 heavy (non-hydrogen) atoms. The monoisotopic (exact) mass is 353 g/mol. The van der Waals surface area contributed by atoms with Crippen molar-refractivity contribution in [2.24, 2.45) is 0 Å². The lowest BCUT2D eigenvalue weighted by molar-refractivity contribution is 0.0941. The standard InChI is InChI=1S/C19H19N3O4/c1-13-9-16(22-26-13)19(23)21-11-15-3-4-17(18(10-15)24-2)25-12-14-5-7-20-8-6-14/h3-10H,11-12H2,1-2H3,(H,21,23). The molecule has 0 fully saturated rings. The van der Waals surface area contributed by atoms with Gasteiger partial charge in [0, 0.05) is 25.0 Å². The van der Waals surface area contributed by atoms with E-state index in [0.29, 0.717) is 30.4 Å². The molecule has 2 heterocycles. The average Bonchev–Trinajstić information content (AvgIpc) is 3.12. The van der Waals surface area contributed by atoms with Gasteiger partial charge in [0.1, 0.15) is 12.4 Å². The highest BCUT2D eigenvalue weighted by Crippen LogP contribution is 2.28. The smallest absolute Gasteiger partial charge is 0.273 e. The van der Waals surface area contributed by atoms with E-state index in [2.05, 4.69) is 15.5 Å². The van der Waals surface area contributed by atoms with Gasteiger partial charge >= 0.3 is 0 Å². The Morgan fingerprint density at radius 3 is 2.62 bits per heavy atom. The molecule has 0 radical (unpaired) electrons. The van der Waals surface area contributed by atoms with E-state index in [1.54, 1.807) is 32.5 Å². The van der Waals surface area contributed by atoms with Crippen molar-refractivity contribution in [1.29, 1.82) is 0 Å². The van der Waals surface area contributed by atoms with Gasteiger partial charge in [-0.05, 0) is 42.3 Å². The number of rotatable bonds is 7. The highest BCUT2D eigenvalue weighted by Gasteiger charge is 2.11. The number of hydrogen-bond donors (Lipinski definition) is 1. The van der Waals surface area contributed by atoms with Crippen LogP contribution in [0.1, 0.15) is 27.4 Å². The Morgan fingerprint density at radius 1 is 1.12 bits per heavy atom. The largest absolute Gasteiger partial charge is 0.493 e. The molecule has 1 N–H and O–H groups in total. The number of amides is 1. The summed E-state index contributed by atoms with van der Waals surface area (Å²) in [5, 5.41) is 6.49. The first kappa shape index (κ1) is 17.5. The van der Waals surface area contributed by atoms with Crippen molar-refractivity contribution in [2.45, 2.75) is 20.1 Å². The minimum absolute atomic E-state index is 0.256. The van der Waals surface area contributed by atoms with E-state index in [-0.39, 0.29) is 11.6 Å². The van der Waals surface area contributed by atoms with E-state index in [4.69, 9.17) is 14.0 Å². The Kier molecular flexibility index (Phi) is 5.48. The number of carbonyl (C=O) groups excluding carboxylic acids is 1. The van der Waals surface area contributed by atoms with Crippen LogP contribution in [0.3, 0.4) is 0 Å². The van der Waals surface area contributed by atoms with Crippen LogP contribution in [0, 0.1) is 6.92 Å². The maximum Gasteiger partial charge on any atom is 0.273 e. The Labute approximate surface area is 150 Å². The molecule has 1 amide bonds. The lowest BCUT2D eigenvalue weighted by atomic mass is 10.2. The number of pyridine rings is 1. The van der Waals surface area contributed by atoms with E-state index in [0.717, 1.165) is 11.1 Å². The minimum Gasteiger partial charge on any atom is -0.493 e. The molecule has 0 spiro atoms. The molecule has 0 aliphatic rings. The summed E-state index contributed by atoms with van der Waals surface area (Å²) in [5.41, 5.74) is 2.15. The van der Waals surface area contributed by atoms with Crippen molar-refractivity contribution in [3.8, 4) is 11.5 Å². The molecule has 0 atom stereocenters. The van der Waals surface area contributed by atoms with Gasteiger partial charge in [0.15, 0.2) is 17.2 Å². The van der Waals surface area contributed by atoms with Crippen LogP contribution in [0.25, 0.3) is 0 Å². The molecule has 0 saturated heterocycles. The fourth-order valence-electron chi connectivity index (χ4n) is 2.33. The average molecular weight is 353 g/mol. The van der Waals surface area contributed by atoms with Crippen LogP contribution >= 0.6 is 0 Å². The topological polar surface area (TPSA) is 86.5 Å². The molecular weight excluding hydrogens is 334 g/mol. The van der Waals surface area contributed by atoms with Crippen molar-refractivity contribution < 1.29 is 18.8 Å². The lowest BCUT2D eigenvalue weighted by Crippen LogP contribution is -2.23. The van der Waals surface area contributed by atoms with Gasteiger partial charge in [0.25, 0.3) is 5.91 Å². The zero-order valence-corrected chi connectivity index (χ0v) is 14.6. The number of ether oxygens (including phenoxy) is 2. The van der Waals surface area contributed by atoms with Crippen molar-refractivity contribution in [2.75, 3.05) is 7.11 Å². The summed E-state index contributed by atoms with van der Waals surface area (Å²) in [4.78, 5) is 16.0. The second-order valence-corrected chi connectivity index (χ2v) is 5.63. The number of carbonyl (C=O) groups is 1. The van der Waals surface area contributed by atoms with E-state index in [1.165, 1.54) is 0 Å². The van der Waals surface area contributed by atoms with E-state index >= 15 is 0 Å². The van der Waals surface area contributed by atoms with Crippen LogP contribution in [-0.4, -0.2) is 23.2 Å². The van der Waals surface area contributed by atoms with E-state index < -0.39 is 0 Å². The highest BCUT2D eigenvalue weighted by atomic mass is 16.5. The molecule has 0 bridgehead atoms. The molecule has 3 rings (SSSR count). The summed E-state index contributed by atoms with van der Waals surface area (Å²) < 4.78 is 16.1. The van der Waals surface area contributed by atoms with Gasteiger partial charge in [0.2, 0.25) is 0 Å². The summed E-state index contributed by atoms with van der Waals surface area (Å²) >= 11 is 0. The van der Waals surface area contributed by atoms with E-state index in [1.807, 2.05) is 30.3 Å². The Balaban J connectivity index is 1.61. The summed E-state index contributed by atoms with van der Waals surface area (Å²) in [6, 6.07) is 10.9. The second-order valence-electron chi connectivity index (χ2n) is 5.63. The zero-order chi connectivity index (χ0) is 18.4. The number of aryl methyl sites for hydroxylation is 1. The van der Waals surface area contributed by atoms with Gasteiger partial charge in [-0.1, -0.05) is 11.2 Å². The summed E-state index contributed by atoms with van der Waals surface area (Å²) in [6.45, 7) is 2.49. The molecule has 1 aromatic carbocycles. The zero-order valence-electron chi connectivity index (χ0n) is 14.6. The summed E-state index contributed by atoms with van der Waals surface area (Å²) in [5.74, 6) is 1.53. The van der Waals surface area contributed by atoms with Crippen molar-refractivity contribution in [3.05, 3.63) is 71.4 Å². The number of nitrogens with zero attached hydrogens (tertiary/aromatic N) is 2. The van der Waals surface area contributed by atoms with Crippen LogP contribution in [0.4, 0.5) is 0 Å². The third-order valence-electron chi connectivity index (χ3n) is 3.69. The molecule has 0 aliphatic carbocycles. The van der Waals surface area contributed by atoms with Crippen LogP contribution in [0.5, 0.6) is 11.5 Å². The normalized spacial score (nSPS) is 10.4. The van der Waals surface area contributed by atoms with Crippen molar-refractivity contribution in [1.82, 2.24) is 15.5 Å². The fraction of sp³-hybridized carbons (Fsp3) is 0.211. The van der Waals surface area contributed by atoms with Gasteiger partial charge in [-0.25, -0.2) is 0 Å². The molecule has 0 unspecified atom stereocenters.